The number of aldehydes is 1. The van der Waals surface area contributed by atoms with E-state index in [1.807, 2.05) is 0 Å². The van der Waals surface area contributed by atoms with Crippen LogP contribution in [0.4, 0.5) is 0 Å². The van der Waals surface area contributed by atoms with Gasteiger partial charge in [-0.3, -0.25) is 9.69 Å². The molecule has 0 amide bonds. The van der Waals surface area contributed by atoms with Crippen LogP contribution in [0.25, 0.3) is 0 Å². The van der Waals surface area contributed by atoms with Gasteiger partial charge in [0.1, 0.15) is 18.1 Å². The predicted octanol–water partition coefficient (Wildman–Crippen LogP) is 0.605. The van der Waals surface area contributed by atoms with Gasteiger partial charge in [-0.25, -0.2) is 4.98 Å². The molecule has 5 nitrogen and oxygen atoms in total. The lowest BCUT2D eigenvalue weighted by molar-refractivity contribution is 0.0322. The second-order valence-electron chi connectivity index (χ2n) is 3.84. The number of pyridine rings is 1. The largest absolute Gasteiger partial charge is 0.491 e. The fourth-order valence-corrected chi connectivity index (χ4v) is 1.66. The summed E-state index contributed by atoms with van der Waals surface area (Å²) in [6.07, 6.45) is 2.29. The summed E-state index contributed by atoms with van der Waals surface area (Å²) in [5, 5.41) is 0. The van der Waals surface area contributed by atoms with E-state index in [1.54, 1.807) is 18.3 Å². The van der Waals surface area contributed by atoms with Crippen LogP contribution in [0.15, 0.2) is 18.3 Å². The van der Waals surface area contributed by atoms with E-state index >= 15 is 0 Å². The third-order valence-electron chi connectivity index (χ3n) is 2.66. The average molecular weight is 236 g/mol. The molecule has 0 aliphatic carbocycles. The molecule has 1 aromatic heterocycles. The predicted molar refractivity (Wildman–Crippen MR) is 62.4 cm³/mol. The first-order chi connectivity index (χ1) is 8.38. The van der Waals surface area contributed by atoms with Crippen molar-refractivity contribution in [2.75, 3.05) is 39.5 Å². The van der Waals surface area contributed by atoms with Crippen LogP contribution in [0.2, 0.25) is 0 Å². The minimum absolute atomic E-state index is 0.422. The lowest BCUT2D eigenvalue weighted by atomic mass is 10.3. The minimum atomic E-state index is 0.422. The first-order valence-electron chi connectivity index (χ1n) is 5.72. The molecule has 1 fully saturated rings. The van der Waals surface area contributed by atoms with Gasteiger partial charge in [0, 0.05) is 19.6 Å². The van der Waals surface area contributed by atoms with E-state index < -0.39 is 0 Å². The van der Waals surface area contributed by atoms with Gasteiger partial charge in [-0.1, -0.05) is 0 Å². The van der Waals surface area contributed by atoms with Crippen molar-refractivity contribution in [2.45, 2.75) is 0 Å². The van der Waals surface area contributed by atoms with Crippen molar-refractivity contribution in [3.63, 3.8) is 0 Å². The number of aromatic nitrogens is 1. The van der Waals surface area contributed by atoms with Crippen molar-refractivity contribution in [3.05, 3.63) is 24.0 Å². The molecule has 2 heterocycles. The van der Waals surface area contributed by atoms with Crippen LogP contribution in [0.3, 0.4) is 0 Å². The lowest BCUT2D eigenvalue weighted by Gasteiger charge is -2.26. The van der Waals surface area contributed by atoms with Crippen LogP contribution in [-0.2, 0) is 4.74 Å². The van der Waals surface area contributed by atoms with E-state index in [2.05, 4.69) is 9.88 Å². The van der Waals surface area contributed by atoms with Crippen molar-refractivity contribution < 1.29 is 14.3 Å². The Labute approximate surface area is 100 Å². The van der Waals surface area contributed by atoms with E-state index in [4.69, 9.17) is 9.47 Å². The summed E-state index contributed by atoms with van der Waals surface area (Å²) in [6, 6.07) is 3.41. The molecular weight excluding hydrogens is 220 g/mol. The summed E-state index contributed by atoms with van der Waals surface area (Å²) in [5.74, 6) is 0.698. The molecule has 17 heavy (non-hydrogen) atoms. The molecule has 1 aliphatic rings. The molecule has 0 atom stereocenters. The molecule has 1 saturated heterocycles. The number of hydrogen-bond donors (Lipinski definition) is 0. The average Bonchev–Trinajstić information content (AvgIpc) is 2.41. The smallest absolute Gasteiger partial charge is 0.168 e. The number of hydrogen-bond acceptors (Lipinski definition) is 5. The maximum atomic E-state index is 10.4. The monoisotopic (exact) mass is 236 g/mol. The zero-order valence-corrected chi connectivity index (χ0v) is 9.67. The first kappa shape index (κ1) is 12.0. The number of morpholine rings is 1. The summed E-state index contributed by atoms with van der Waals surface area (Å²) in [7, 11) is 0. The molecule has 0 bridgehead atoms. The molecule has 92 valence electrons. The van der Waals surface area contributed by atoms with Gasteiger partial charge in [-0.15, -0.1) is 0 Å². The highest BCUT2D eigenvalue weighted by Crippen LogP contribution is 2.08. The van der Waals surface area contributed by atoms with Crippen molar-refractivity contribution in [3.8, 4) is 5.75 Å². The lowest BCUT2D eigenvalue weighted by Crippen LogP contribution is -2.38. The summed E-state index contributed by atoms with van der Waals surface area (Å²) >= 11 is 0. The Hall–Kier alpha value is -1.46. The van der Waals surface area contributed by atoms with Crippen molar-refractivity contribution in [2.24, 2.45) is 0 Å². The third kappa shape index (κ3) is 3.80. The molecule has 0 N–H and O–H groups in total. The zero-order chi connectivity index (χ0) is 11.9. The van der Waals surface area contributed by atoms with Crippen LogP contribution in [0.5, 0.6) is 5.75 Å². The topological polar surface area (TPSA) is 51.7 Å². The summed E-state index contributed by atoms with van der Waals surface area (Å²) in [4.78, 5) is 16.7. The Bertz CT molecular complexity index is 347. The molecule has 1 aliphatic heterocycles. The van der Waals surface area contributed by atoms with Gasteiger partial charge in [0.25, 0.3) is 0 Å². The summed E-state index contributed by atoms with van der Waals surface area (Å²) in [5.41, 5.74) is 0.422. The van der Waals surface area contributed by atoms with Gasteiger partial charge in [-0.2, -0.15) is 0 Å². The van der Waals surface area contributed by atoms with E-state index in [1.165, 1.54) is 0 Å². The molecule has 0 aromatic carbocycles. The van der Waals surface area contributed by atoms with Gasteiger partial charge in [-0.05, 0) is 12.1 Å². The fourth-order valence-electron chi connectivity index (χ4n) is 1.66. The quantitative estimate of drug-likeness (QED) is 0.701. The van der Waals surface area contributed by atoms with Gasteiger partial charge >= 0.3 is 0 Å². The van der Waals surface area contributed by atoms with Crippen molar-refractivity contribution >= 4 is 6.29 Å². The molecule has 0 radical (unpaired) electrons. The number of ether oxygens (including phenoxy) is 2. The Kier molecular flexibility index (Phi) is 4.46. The first-order valence-corrected chi connectivity index (χ1v) is 5.72. The maximum absolute atomic E-state index is 10.4. The van der Waals surface area contributed by atoms with Crippen LogP contribution in [0.1, 0.15) is 10.5 Å². The number of nitrogens with zero attached hydrogens (tertiary/aromatic N) is 2. The van der Waals surface area contributed by atoms with E-state index in [0.29, 0.717) is 18.1 Å². The molecule has 2 rings (SSSR count). The molecule has 1 aromatic rings. The number of carbonyl (C=O) groups excluding carboxylic acids is 1. The van der Waals surface area contributed by atoms with Gasteiger partial charge < -0.3 is 9.47 Å². The Morgan fingerprint density at radius 1 is 1.41 bits per heavy atom. The Balaban J connectivity index is 1.71. The van der Waals surface area contributed by atoms with E-state index in [9.17, 15) is 4.79 Å². The Morgan fingerprint density at radius 2 is 2.24 bits per heavy atom. The summed E-state index contributed by atoms with van der Waals surface area (Å²) < 4.78 is 10.8. The Morgan fingerprint density at radius 3 is 2.88 bits per heavy atom. The van der Waals surface area contributed by atoms with Crippen molar-refractivity contribution in [1.82, 2.24) is 9.88 Å². The van der Waals surface area contributed by atoms with Crippen LogP contribution < -0.4 is 4.74 Å². The molecule has 0 saturated carbocycles. The molecule has 5 heteroatoms. The van der Waals surface area contributed by atoms with Crippen LogP contribution in [-0.4, -0.2) is 55.6 Å². The SMILES string of the molecule is O=Cc1ccc(OCCN2CCOCC2)cn1. The normalized spacial score (nSPS) is 16.7. The van der Waals surface area contributed by atoms with Gasteiger partial charge in [0.05, 0.1) is 19.4 Å². The van der Waals surface area contributed by atoms with E-state index in [-0.39, 0.29) is 0 Å². The number of rotatable bonds is 5. The highest BCUT2D eigenvalue weighted by molar-refractivity contribution is 5.71. The van der Waals surface area contributed by atoms with E-state index in [0.717, 1.165) is 39.1 Å². The van der Waals surface area contributed by atoms with Crippen molar-refractivity contribution in [1.29, 1.82) is 0 Å². The third-order valence-corrected chi connectivity index (χ3v) is 2.66. The highest BCUT2D eigenvalue weighted by Gasteiger charge is 2.09. The van der Waals surface area contributed by atoms with Crippen LogP contribution >= 0.6 is 0 Å². The zero-order valence-electron chi connectivity index (χ0n) is 9.67. The molecular formula is C12H16N2O3. The molecule has 0 spiro atoms. The maximum Gasteiger partial charge on any atom is 0.168 e. The van der Waals surface area contributed by atoms with Gasteiger partial charge in [0.15, 0.2) is 6.29 Å². The highest BCUT2D eigenvalue weighted by atomic mass is 16.5. The minimum Gasteiger partial charge on any atom is -0.491 e. The standard InChI is InChI=1S/C12H16N2O3/c15-10-11-1-2-12(9-13-11)17-8-5-14-3-6-16-7-4-14/h1-2,9-10H,3-8H2. The molecule has 0 unspecified atom stereocenters. The summed E-state index contributed by atoms with van der Waals surface area (Å²) in [6.45, 7) is 5.05. The second kappa shape index (κ2) is 6.32. The van der Waals surface area contributed by atoms with Crippen LogP contribution in [0, 0.1) is 0 Å². The number of carbonyl (C=O) groups is 1. The van der Waals surface area contributed by atoms with Gasteiger partial charge in [0.2, 0.25) is 0 Å². The second-order valence-corrected chi connectivity index (χ2v) is 3.84. The fraction of sp³-hybridized carbons (Fsp3) is 0.500.